The second kappa shape index (κ2) is 9.00. The summed E-state index contributed by atoms with van der Waals surface area (Å²) < 4.78 is 1.50. The van der Waals surface area contributed by atoms with Gasteiger partial charge in [0.1, 0.15) is 4.83 Å². The molecule has 140 valence electrons. The minimum absolute atomic E-state index is 0.0159. The molecular weight excluding hydrogens is 372 g/mol. The van der Waals surface area contributed by atoms with Gasteiger partial charge >= 0.3 is 6.03 Å². The quantitative estimate of drug-likeness (QED) is 0.428. The molecule has 0 saturated heterocycles. The van der Waals surface area contributed by atoms with Gasteiger partial charge in [-0.2, -0.15) is 0 Å². The maximum Gasteiger partial charge on any atom is 0.321 e. The fraction of sp³-hybridized carbons (Fsp3) is 0.412. The number of allylic oxidation sites excluding steroid dienone is 1. The van der Waals surface area contributed by atoms with E-state index in [0.29, 0.717) is 28.5 Å². The highest BCUT2D eigenvalue weighted by Gasteiger charge is 2.17. The van der Waals surface area contributed by atoms with E-state index < -0.39 is 11.9 Å². The van der Waals surface area contributed by atoms with Gasteiger partial charge in [-0.1, -0.05) is 24.8 Å². The van der Waals surface area contributed by atoms with Crippen molar-refractivity contribution in [2.75, 3.05) is 12.3 Å². The number of nitrogens with one attached hydrogen (secondary N) is 2. The maximum absolute atomic E-state index is 12.8. The normalized spacial score (nSPS) is 10.7. The molecule has 2 aromatic heterocycles. The van der Waals surface area contributed by atoms with Crippen molar-refractivity contribution in [3.05, 3.63) is 33.4 Å². The lowest BCUT2D eigenvalue weighted by Gasteiger charge is -2.10. The summed E-state index contributed by atoms with van der Waals surface area (Å²) in [6.45, 7) is 10.3. The van der Waals surface area contributed by atoms with E-state index in [1.54, 1.807) is 6.08 Å². The number of carbonyl (C=O) groups is 2. The zero-order valence-electron chi connectivity index (χ0n) is 15.0. The third-order valence-electron chi connectivity index (χ3n) is 3.69. The van der Waals surface area contributed by atoms with Crippen molar-refractivity contribution in [3.63, 3.8) is 0 Å². The number of rotatable bonds is 7. The molecule has 2 N–H and O–H groups in total. The number of imide groups is 1. The summed E-state index contributed by atoms with van der Waals surface area (Å²) in [7, 11) is 0. The number of fused-ring (bicyclic) bond motifs is 1. The number of carbonyl (C=O) groups excluding carboxylic acids is 2. The molecule has 3 amide bonds. The maximum atomic E-state index is 12.8. The molecule has 0 aliphatic heterocycles. The summed E-state index contributed by atoms with van der Waals surface area (Å²) in [5.41, 5.74) is 0.794. The summed E-state index contributed by atoms with van der Waals surface area (Å²) in [5, 5.41) is 5.88. The third-order valence-corrected chi connectivity index (χ3v) is 5.76. The van der Waals surface area contributed by atoms with Crippen molar-refractivity contribution >= 4 is 45.3 Å². The lowest BCUT2D eigenvalue weighted by Crippen LogP contribution is -2.40. The first kappa shape index (κ1) is 20.2. The average molecular weight is 395 g/mol. The Balaban J connectivity index is 2.22. The summed E-state index contributed by atoms with van der Waals surface area (Å²) in [5.74, 6) is -0.459. The third kappa shape index (κ3) is 4.53. The number of thiophene rings is 1. The topological polar surface area (TPSA) is 93.1 Å². The highest BCUT2D eigenvalue weighted by molar-refractivity contribution is 7.99. The number of nitrogens with zero attached hydrogens (tertiary/aromatic N) is 2. The van der Waals surface area contributed by atoms with Gasteiger partial charge in [-0.15, -0.1) is 17.9 Å². The fourth-order valence-corrected chi connectivity index (χ4v) is 4.16. The molecule has 26 heavy (non-hydrogen) atoms. The van der Waals surface area contributed by atoms with Crippen LogP contribution in [0.5, 0.6) is 0 Å². The highest BCUT2D eigenvalue weighted by atomic mass is 32.2. The van der Waals surface area contributed by atoms with Gasteiger partial charge < -0.3 is 5.32 Å². The van der Waals surface area contributed by atoms with Gasteiger partial charge in [-0.25, -0.2) is 9.78 Å². The van der Waals surface area contributed by atoms with Crippen LogP contribution in [0.1, 0.15) is 23.8 Å². The van der Waals surface area contributed by atoms with Gasteiger partial charge in [-0.3, -0.25) is 19.5 Å². The van der Waals surface area contributed by atoms with E-state index in [-0.39, 0.29) is 11.3 Å². The van der Waals surface area contributed by atoms with Crippen LogP contribution in [0.4, 0.5) is 4.79 Å². The van der Waals surface area contributed by atoms with Gasteiger partial charge in [0.2, 0.25) is 5.91 Å². The molecule has 0 fully saturated rings. The Morgan fingerprint density at radius 1 is 1.38 bits per heavy atom. The van der Waals surface area contributed by atoms with Gasteiger partial charge in [0.25, 0.3) is 5.56 Å². The van der Waals surface area contributed by atoms with Gasteiger partial charge in [0.05, 0.1) is 11.1 Å². The Bertz CT molecular complexity index is 902. The molecule has 9 heteroatoms. The standard InChI is InChI=1S/C17H22N4O3S2/c1-5-7-18-16(24)19-12(22)9-25-17-20-14-13(10(3)11(4)26-14)15(23)21(17)8-6-2/h6H,2,5,7-9H2,1,3-4H3,(H2,18,19,22,24). The number of hydrogen-bond acceptors (Lipinski definition) is 6. The summed E-state index contributed by atoms with van der Waals surface area (Å²) in [6, 6.07) is -0.520. The fourth-order valence-electron chi connectivity index (χ4n) is 2.28. The zero-order valence-corrected chi connectivity index (χ0v) is 16.7. The van der Waals surface area contributed by atoms with Crippen LogP contribution in [0.3, 0.4) is 0 Å². The molecule has 2 rings (SSSR count). The van der Waals surface area contributed by atoms with E-state index in [1.807, 2.05) is 20.8 Å². The van der Waals surface area contributed by atoms with E-state index in [0.717, 1.165) is 28.6 Å². The van der Waals surface area contributed by atoms with Gasteiger partial charge in [-0.05, 0) is 25.8 Å². The molecule has 0 atom stereocenters. The van der Waals surface area contributed by atoms with E-state index in [9.17, 15) is 14.4 Å². The van der Waals surface area contributed by atoms with E-state index in [4.69, 9.17) is 0 Å². The molecule has 0 saturated carbocycles. The molecule has 0 aliphatic carbocycles. The lowest BCUT2D eigenvalue weighted by molar-refractivity contribution is -0.117. The monoisotopic (exact) mass is 394 g/mol. The SMILES string of the molecule is C=CCn1c(SCC(=O)NC(=O)NCCC)nc2sc(C)c(C)c2c1=O. The number of hydrogen-bond donors (Lipinski definition) is 2. The zero-order chi connectivity index (χ0) is 19.3. The minimum atomic E-state index is -0.520. The van der Waals surface area contributed by atoms with E-state index in [1.165, 1.54) is 15.9 Å². The van der Waals surface area contributed by atoms with Crippen molar-refractivity contribution in [3.8, 4) is 0 Å². The predicted octanol–water partition coefficient (Wildman–Crippen LogP) is 2.59. The Hall–Kier alpha value is -2.13. The number of thioether (sulfide) groups is 1. The van der Waals surface area contributed by atoms with Crippen molar-refractivity contribution in [2.24, 2.45) is 0 Å². The summed E-state index contributed by atoms with van der Waals surface area (Å²) >= 11 is 2.58. The summed E-state index contributed by atoms with van der Waals surface area (Å²) in [4.78, 5) is 42.5. The van der Waals surface area contributed by atoms with Crippen molar-refractivity contribution in [2.45, 2.75) is 38.9 Å². The first-order valence-electron chi connectivity index (χ1n) is 8.20. The molecular formula is C17H22N4O3S2. The molecule has 0 aliphatic rings. The molecule has 2 aromatic rings. The minimum Gasteiger partial charge on any atom is -0.338 e. The number of amides is 3. The Labute approximate surface area is 159 Å². The second-order valence-electron chi connectivity index (χ2n) is 5.65. The smallest absolute Gasteiger partial charge is 0.321 e. The molecule has 7 nitrogen and oxygen atoms in total. The van der Waals surface area contributed by atoms with Crippen LogP contribution < -0.4 is 16.2 Å². The van der Waals surface area contributed by atoms with Crippen LogP contribution in [0.25, 0.3) is 10.2 Å². The molecule has 0 bridgehead atoms. The van der Waals surface area contributed by atoms with E-state index >= 15 is 0 Å². The highest BCUT2D eigenvalue weighted by Crippen LogP contribution is 2.28. The van der Waals surface area contributed by atoms with Gasteiger partial charge in [0, 0.05) is 18.0 Å². The van der Waals surface area contributed by atoms with Crippen LogP contribution in [0.2, 0.25) is 0 Å². The first-order valence-corrected chi connectivity index (χ1v) is 10.0. The van der Waals surface area contributed by atoms with Crippen LogP contribution >= 0.6 is 23.1 Å². The molecule has 0 spiro atoms. The average Bonchev–Trinajstić information content (AvgIpc) is 2.88. The molecule has 0 radical (unpaired) electrons. The lowest BCUT2D eigenvalue weighted by atomic mass is 10.2. The number of aryl methyl sites for hydroxylation is 2. The molecule has 2 heterocycles. The molecule has 0 unspecified atom stereocenters. The van der Waals surface area contributed by atoms with Gasteiger partial charge in [0.15, 0.2) is 5.16 Å². The van der Waals surface area contributed by atoms with Crippen molar-refractivity contribution in [1.82, 2.24) is 20.2 Å². The second-order valence-corrected chi connectivity index (χ2v) is 7.80. The van der Waals surface area contributed by atoms with E-state index in [2.05, 4.69) is 22.2 Å². The number of urea groups is 1. The Kier molecular flexibility index (Phi) is 6.98. The summed E-state index contributed by atoms with van der Waals surface area (Å²) in [6.07, 6.45) is 2.40. The largest absolute Gasteiger partial charge is 0.338 e. The van der Waals surface area contributed by atoms with Crippen LogP contribution in [0, 0.1) is 13.8 Å². The first-order chi connectivity index (χ1) is 12.4. The van der Waals surface area contributed by atoms with Crippen LogP contribution in [-0.2, 0) is 11.3 Å². The molecule has 0 aromatic carbocycles. The van der Waals surface area contributed by atoms with Crippen LogP contribution in [-0.4, -0.2) is 33.8 Å². The van der Waals surface area contributed by atoms with Crippen molar-refractivity contribution < 1.29 is 9.59 Å². The Morgan fingerprint density at radius 2 is 2.12 bits per heavy atom. The Morgan fingerprint density at radius 3 is 2.77 bits per heavy atom. The number of aromatic nitrogens is 2. The van der Waals surface area contributed by atoms with Crippen molar-refractivity contribution in [1.29, 1.82) is 0 Å². The van der Waals surface area contributed by atoms with Crippen LogP contribution in [0.15, 0.2) is 22.6 Å². The predicted molar refractivity (Wildman–Crippen MR) is 106 cm³/mol.